The van der Waals surface area contributed by atoms with Crippen molar-refractivity contribution >= 4 is 0 Å². The predicted molar refractivity (Wildman–Crippen MR) is 72.0 cm³/mol. The van der Waals surface area contributed by atoms with Crippen molar-refractivity contribution in [3.05, 3.63) is 35.4 Å². The molecule has 0 saturated heterocycles. The van der Waals surface area contributed by atoms with Crippen molar-refractivity contribution in [2.45, 2.75) is 52.5 Å². The van der Waals surface area contributed by atoms with E-state index in [1.54, 1.807) is 0 Å². The van der Waals surface area contributed by atoms with Crippen LogP contribution in [-0.2, 0) is 6.42 Å². The van der Waals surface area contributed by atoms with Gasteiger partial charge in [-0.1, -0.05) is 52.0 Å². The molecule has 1 aromatic carbocycles. The molecule has 0 saturated carbocycles. The maximum absolute atomic E-state index is 3.52. The van der Waals surface area contributed by atoms with Gasteiger partial charge in [-0.15, -0.1) is 0 Å². The zero-order valence-electron chi connectivity index (χ0n) is 11.1. The van der Waals surface area contributed by atoms with Crippen LogP contribution in [0.3, 0.4) is 0 Å². The molecule has 0 aliphatic carbocycles. The molecule has 1 aromatic rings. The van der Waals surface area contributed by atoms with E-state index in [9.17, 15) is 0 Å². The highest BCUT2D eigenvalue weighted by atomic mass is 14.9. The molecule has 0 aliphatic rings. The Morgan fingerprint density at radius 3 is 2.12 bits per heavy atom. The van der Waals surface area contributed by atoms with Crippen molar-refractivity contribution in [1.82, 2.24) is 5.32 Å². The van der Waals surface area contributed by atoms with E-state index in [1.807, 2.05) is 0 Å². The first kappa shape index (κ1) is 13.2. The summed E-state index contributed by atoms with van der Waals surface area (Å²) in [5.74, 6) is 0.647. The minimum Gasteiger partial charge on any atom is -0.314 e. The molecule has 1 heteroatoms. The van der Waals surface area contributed by atoms with Crippen LogP contribution in [0.4, 0.5) is 0 Å². The van der Waals surface area contributed by atoms with Gasteiger partial charge in [0.25, 0.3) is 0 Å². The largest absolute Gasteiger partial charge is 0.314 e. The zero-order chi connectivity index (χ0) is 12.0. The summed E-state index contributed by atoms with van der Waals surface area (Å²) in [7, 11) is 0. The van der Waals surface area contributed by atoms with Crippen LogP contribution in [-0.4, -0.2) is 12.6 Å². The van der Waals surface area contributed by atoms with Gasteiger partial charge in [0.15, 0.2) is 0 Å². The SMILES string of the molecule is CCc1ccc(C(CC)CNC(C)C)cc1. The summed E-state index contributed by atoms with van der Waals surface area (Å²) in [6.45, 7) is 9.95. The van der Waals surface area contributed by atoms with E-state index >= 15 is 0 Å². The Labute approximate surface area is 100 Å². The molecule has 16 heavy (non-hydrogen) atoms. The topological polar surface area (TPSA) is 12.0 Å². The zero-order valence-corrected chi connectivity index (χ0v) is 11.1. The van der Waals surface area contributed by atoms with Gasteiger partial charge >= 0.3 is 0 Å². The van der Waals surface area contributed by atoms with Gasteiger partial charge in [0.1, 0.15) is 0 Å². The fourth-order valence-electron chi connectivity index (χ4n) is 1.90. The lowest BCUT2D eigenvalue weighted by Gasteiger charge is -2.18. The van der Waals surface area contributed by atoms with E-state index in [-0.39, 0.29) is 0 Å². The number of aryl methyl sites for hydroxylation is 1. The van der Waals surface area contributed by atoms with E-state index in [4.69, 9.17) is 0 Å². The van der Waals surface area contributed by atoms with Crippen LogP contribution in [0.5, 0.6) is 0 Å². The maximum atomic E-state index is 3.52. The lowest BCUT2D eigenvalue weighted by molar-refractivity contribution is 0.520. The highest BCUT2D eigenvalue weighted by molar-refractivity contribution is 5.25. The third kappa shape index (κ3) is 3.97. The average Bonchev–Trinajstić information content (AvgIpc) is 2.30. The van der Waals surface area contributed by atoms with Gasteiger partial charge in [-0.2, -0.15) is 0 Å². The third-order valence-corrected chi connectivity index (χ3v) is 3.12. The van der Waals surface area contributed by atoms with Crippen LogP contribution < -0.4 is 5.32 Å². The first-order valence-electron chi connectivity index (χ1n) is 6.49. The first-order chi connectivity index (χ1) is 7.67. The minimum atomic E-state index is 0.573. The van der Waals surface area contributed by atoms with Crippen LogP contribution >= 0.6 is 0 Å². The third-order valence-electron chi connectivity index (χ3n) is 3.12. The van der Waals surface area contributed by atoms with Gasteiger partial charge < -0.3 is 5.32 Å². The second-order valence-electron chi connectivity index (χ2n) is 4.76. The van der Waals surface area contributed by atoms with Gasteiger partial charge in [0.2, 0.25) is 0 Å². The second-order valence-corrected chi connectivity index (χ2v) is 4.76. The fourth-order valence-corrected chi connectivity index (χ4v) is 1.90. The molecule has 1 rings (SSSR count). The molecule has 0 aliphatic heterocycles. The van der Waals surface area contributed by atoms with E-state index in [1.165, 1.54) is 17.5 Å². The molecule has 0 heterocycles. The number of nitrogens with one attached hydrogen (secondary N) is 1. The molecule has 0 bridgehead atoms. The summed E-state index contributed by atoms with van der Waals surface area (Å²) in [6, 6.07) is 9.66. The molecule has 0 fully saturated rings. The maximum Gasteiger partial charge on any atom is 0.00224 e. The van der Waals surface area contributed by atoms with Crippen molar-refractivity contribution in [3.8, 4) is 0 Å². The highest BCUT2D eigenvalue weighted by Crippen LogP contribution is 2.19. The van der Waals surface area contributed by atoms with Crippen LogP contribution in [0.1, 0.15) is 51.2 Å². The molecule has 1 nitrogen and oxygen atoms in total. The second kappa shape index (κ2) is 6.70. The Bertz CT molecular complexity index is 287. The van der Waals surface area contributed by atoms with Crippen LogP contribution in [0.15, 0.2) is 24.3 Å². The Hall–Kier alpha value is -0.820. The van der Waals surface area contributed by atoms with Crippen molar-refractivity contribution in [2.75, 3.05) is 6.54 Å². The summed E-state index contributed by atoms with van der Waals surface area (Å²) in [5.41, 5.74) is 2.89. The summed E-state index contributed by atoms with van der Waals surface area (Å²) in [5, 5.41) is 3.52. The first-order valence-corrected chi connectivity index (χ1v) is 6.49. The lowest BCUT2D eigenvalue weighted by atomic mass is 9.95. The van der Waals surface area contributed by atoms with Gasteiger partial charge in [0.05, 0.1) is 0 Å². The van der Waals surface area contributed by atoms with E-state index in [2.05, 4.69) is 57.3 Å². The van der Waals surface area contributed by atoms with Crippen molar-refractivity contribution in [2.24, 2.45) is 0 Å². The van der Waals surface area contributed by atoms with Crippen molar-refractivity contribution in [3.63, 3.8) is 0 Å². The molecule has 1 unspecified atom stereocenters. The Balaban J connectivity index is 2.63. The standard InChI is InChI=1S/C15H25N/c1-5-13-7-9-15(10-8-13)14(6-2)11-16-12(3)4/h7-10,12,14,16H,5-6,11H2,1-4H3. The quantitative estimate of drug-likeness (QED) is 0.768. The van der Waals surface area contributed by atoms with E-state index in [0.29, 0.717) is 12.0 Å². The molecular weight excluding hydrogens is 194 g/mol. The molecule has 1 N–H and O–H groups in total. The Morgan fingerprint density at radius 1 is 1.06 bits per heavy atom. The number of rotatable bonds is 6. The van der Waals surface area contributed by atoms with Crippen molar-refractivity contribution < 1.29 is 0 Å². The number of hydrogen-bond donors (Lipinski definition) is 1. The van der Waals surface area contributed by atoms with Crippen LogP contribution in [0.2, 0.25) is 0 Å². The lowest BCUT2D eigenvalue weighted by Crippen LogP contribution is -2.27. The predicted octanol–water partition coefficient (Wildman–Crippen LogP) is 3.74. The molecular formula is C15H25N. The van der Waals surface area contributed by atoms with Crippen molar-refractivity contribution in [1.29, 1.82) is 0 Å². The van der Waals surface area contributed by atoms with E-state index in [0.717, 1.165) is 13.0 Å². The molecule has 0 spiro atoms. The minimum absolute atomic E-state index is 0.573. The number of benzene rings is 1. The summed E-state index contributed by atoms with van der Waals surface area (Å²) in [4.78, 5) is 0. The van der Waals surface area contributed by atoms with Crippen LogP contribution in [0.25, 0.3) is 0 Å². The summed E-state index contributed by atoms with van der Waals surface area (Å²) < 4.78 is 0. The average molecular weight is 219 g/mol. The molecule has 90 valence electrons. The normalized spacial score (nSPS) is 13.1. The van der Waals surface area contributed by atoms with Gasteiger partial charge in [-0.25, -0.2) is 0 Å². The molecule has 0 aromatic heterocycles. The monoisotopic (exact) mass is 219 g/mol. The Morgan fingerprint density at radius 2 is 1.69 bits per heavy atom. The van der Waals surface area contributed by atoms with Gasteiger partial charge in [0, 0.05) is 12.6 Å². The number of hydrogen-bond acceptors (Lipinski definition) is 1. The van der Waals surface area contributed by atoms with Gasteiger partial charge in [-0.05, 0) is 29.9 Å². The smallest absolute Gasteiger partial charge is 0.00224 e. The van der Waals surface area contributed by atoms with Crippen LogP contribution in [0, 0.1) is 0 Å². The molecule has 1 atom stereocenters. The highest BCUT2D eigenvalue weighted by Gasteiger charge is 2.09. The Kier molecular flexibility index (Phi) is 5.54. The molecule has 0 radical (unpaired) electrons. The van der Waals surface area contributed by atoms with Gasteiger partial charge in [-0.3, -0.25) is 0 Å². The molecule has 0 amide bonds. The fraction of sp³-hybridized carbons (Fsp3) is 0.600. The summed E-state index contributed by atoms with van der Waals surface area (Å²) in [6.07, 6.45) is 2.33. The summed E-state index contributed by atoms with van der Waals surface area (Å²) >= 11 is 0. The van der Waals surface area contributed by atoms with E-state index < -0.39 is 0 Å².